The minimum atomic E-state index is -0.555. The van der Waals surface area contributed by atoms with Gasteiger partial charge in [0.1, 0.15) is 11.3 Å². The van der Waals surface area contributed by atoms with Crippen LogP contribution in [0.4, 0.5) is 5.69 Å². The molecule has 8 heteroatoms. The molecule has 0 fully saturated rings. The third-order valence-corrected chi connectivity index (χ3v) is 4.52. The van der Waals surface area contributed by atoms with Crippen LogP contribution in [-0.2, 0) is 0 Å². The van der Waals surface area contributed by atoms with Crippen molar-refractivity contribution >= 4 is 39.6 Å². The highest BCUT2D eigenvalue weighted by molar-refractivity contribution is 6.03. The van der Waals surface area contributed by atoms with Crippen LogP contribution in [0.1, 0.15) is 23.0 Å². The van der Waals surface area contributed by atoms with E-state index in [-0.39, 0.29) is 11.4 Å². The largest absolute Gasteiger partial charge is 0.493 e. The number of rotatable bonds is 6. The first-order valence-corrected chi connectivity index (χ1v) is 9.22. The van der Waals surface area contributed by atoms with Crippen molar-refractivity contribution < 1.29 is 18.9 Å². The fraction of sp³-hybridized carbons (Fsp3) is 0.0909. The molecule has 1 heterocycles. The van der Waals surface area contributed by atoms with E-state index in [1.165, 1.54) is 24.3 Å². The average Bonchev–Trinajstić information content (AvgIpc) is 3.19. The van der Waals surface area contributed by atoms with Gasteiger partial charge in [-0.2, -0.15) is 5.10 Å². The Kier molecular flexibility index (Phi) is 5.13. The molecule has 0 atom stereocenters. The van der Waals surface area contributed by atoms with Crippen LogP contribution >= 0.6 is 0 Å². The standard InChI is InChI=1S/C22H17N3O5/c1-2-29-20-9-7-14(17-5-3-4-6-18(17)20)13-23-24-22(26)21-12-15-11-16(25(27)28)8-10-19(15)30-21/h3-13H,2H2,1H3,(H,24,26)/b23-13-. The normalized spacial score (nSPS) is 11.2. The van der Waals surface area contributed by atoms with E-state index in [0.29, 0.717) is 17.6 Å². The van der Waals surface area contributed by atoms with Gasteiger partial charge >= 0.3 is 5.91 Å². The Bertz CT molecular complexity index is 1290. The van der Waals surface area contributed by atoms with Crippen LogP contribution in [0.25, 0.3) is 21.7 Å². The monoisotopic (exact) mass is 403 g/mol. The molecule has 0 saturated carbocycles. The first kappa shape index (κ1) is 19.1. The highest BCUT2D eigenvalue weighted by Gasteiger charge is 2.14. The van der Waals surface area contributed by atoms with Crippen molar-refractivity contribution in [2.24, 2.45) is 5.10 Å². The van der Waals surface area contributed by atoms with Gasteiger partial charge in [0.2, 0.25) is 0 Å². The summed E-state index contributed by atoms with van der Waals surface area (Å²) >= 11 is 0. The molecule has 8 nitrogen and oxygen atoms in total. The third kappa shape index (κ3) is 3.70. The van der Waals surface area contributed by atoms with Gasteiger partial charge in [-0.25, -0.2) is 5.43 Å². The Balaban J connectivity index is 1.55. The van der Waals surface area contributed by atoms with Gasteiger partial charge in [0.05, 0.1) is 17.7 Å². The van der Waals surface area contributed by atoms with Crippen molar-refractivity contribution in [3.63, 3.8) is 0 Å². The molecule has 0 unspecified atom stereocenters. The van der Waals surface area contributed by atoms with Gasteiger partial charge in [0.15, 0.2) is 5.76 Å². The number of fused-ring (bicyclic) bond motifs is 2. The molecule has 0 spiro atoms. The van der Waals surface area contributed by atoms with Gasteiger partial charge < -0.3 is 9.15 Å². The number of ether oxygens (including phenoxy) is 1. The zero-order chi connectivity index (χ0) is 21.1. The molecular weight excluding hydrogens is 386 g/mol. The van der Waals surface area contributed by atoms with Crippen LogP contribution < -0.4 is 10.2 Å². The lowest BCUT2D eigenvalue weighted by Crippen LogP contribution is -2.16. The van der Waals surface area contributed by atoms with Gasteiger partial charge in [-0.15, -0.1) is 0 Å². The van der Waals surface area contributed by atoms with Crippen molar-refractivity contribution in [3.05, 3.63) is 82.1 Å². The minimum absolute atomic E-state index is 0.0131. The van der Waals surface area contributed by atoms with E-state index in [1.807, 2.05) is 43.3 Å². The van der Waals surface area contributed by atoms with E-state index in [4.69, 9.17) is 9.15 Å². The predicted octanol–water partition coefficient (Wildman–Crippen LogP) is 4.66. The predicted molar refractivity (Wildman–Crippen MR) is 113 cm³/mol. The van der Waals surface area contributed by atoms with Crippen LogP contribution in [0.5, 0.6) is 5.75 Å². The average molecular weight is 403 g/mol. The number of nitro groups is 1. The maximum absolute atomic E-state index is 12.4. The van der Waals surface area contributed by atoms with E-state index in [9.17, 15) is 14.9 Å². The lowest BCUT2D eigenvalue weighted by Gasteiger charge is -2.09. The van der Waals surface area contributed by atoms with Crippen molar-refractivity contribution in [2.45, 2.75) is 6.92 Å². The Morgan fingerprint density at radius 3 is 2.73 bits per heavy atom. The number of hydrogen-bond acceptors (Lipinski definition) is 6. The van der Waals surface area contributed by atoms with E-state index >= 15 is 0 Å². The maximum atomic E-state index is 12.4. The lowest BCUT2D eigenvalue weighted by atomic mass is 10.0. The Morgan fingerprint density at radius 2 is 1.97 bits per heavy atom. The summed E-state index contributed by atoms with van der Waals surface area (Å²) < 4.78 is 11.1. The summed E-state index contributed by atoms with van der Waals surface area (Å²) in [5.41, 5.74) is 3.54. The van der Waals surface area contributed by atoms with Crippen molar-refractivity contribution in [1.29, 1.82) is 0 Å². The molecule has 0 aliphatic rings. The molecule has 0 bridgehead atoms. The number of carbonyl (C=O) groups is 1. The summed E-state index contributed by atoms with van der Waals surface area (Å²) in [6.07, 6.45) is 1.55. The molecule has 4 aromatic rings. The Labute approximate surface area is 170 Å². The topological polar surface area (TPSA) is 107 Å². The number of hydrogen-bond donors (Lipinski definition) is 1. The summed E-state index contributed by atoms with van der Waals surface area (Å²) in [4.78, 5) is 22.7. The van der Waals surface area contributed by atoms with Crippen LogP contribution in [0.3, 0.4) is 0 Å². The molecule has 3 aromatic carbocycles. The molecule has 4 rings (SSSR count). The number of furan rings is 1. The quantitative estimate of drug-likeness (QED) is 0.286. The van der Waals surface area contributed by atoms with Crippen LogP contribution in [0.2, 0.25) is 0 Å². The molecular formula is C22H17N3O5. The number of nitro benzene ring substituents is 1. The van der Waals surface area contributed by atoms with E-state index < -0.39 is 10.8 Å². The second-order valence-electron chi connectivity index (χ2n) is 6.42. The minimum Gasteiger partial charge on any atom is -0.493 e. The fourth-order valence-corrected chi connectivity index (χ4v) is 3.16. The number of benzene rings is 3. The van der Waals surface area contributed by atoms with Crippen LogP contribution in [-0.4, -0.2) is 23.7 Å². The molecule has 30 heavy (non-hydrogen) atoms. The number of nitrogens with one attached hydrogen (secondary N) is 1. The molecule has 1 aromatic heterocycles. The molecule has 1 N–H and O–H groups in total. The summed E-state index contributed by atoms with van der Waals surface area (Å²) in [7, 11) is 0. The van der Waals surface area contributed by atoms with Gasteiger partial charge in [-0.3, -0.25) is 14.9 Å². The SMILES string of the molecule is CCOc1ccc(/C=N\NC(=O)c2cc3cc([N+](=O)[O-])ccc3o2)c2ccccc12. The molecule has 0 saturated heterocycles. The highest BCUT2D eigenvalue weighted by atomic mass is 16.6. The summed E-state index contributed by atoms with van der Waals surface area (Å²) in [6.45, 7) is 2.49. The van der Waals surface area contributed by atoms with E-state index in [1.54, 1.807) is 6.21 Å². The second kappa shape index (κ2) is 8.04. The van der Waals surface area contributed by atoms with Gasteiger partial charge in [-0.1, -0.05) is 24.3 Å². The summed E-state index contributed by atoms with van der Waals surface area (Å²) in [5, 5.41) is 17.3. The smallest absolute Gasteiger partial charge is 0.307 e. The number of non-ortho nitro benzene ring substituents is 1. The van der Waals surface area contributed by atoms with E-state index in [0.717, 1.165) is 22.1 Å². The van der Waals surface area contributed by atoms with E-state index in [2.05, 4.69) is 10.5 Å². The van der Waals surface area contributed by atoms with Crippen molar-refractivity contribution in [3.8, 4) is 5.75 Å². The lowest BCUT2D eigenvalue weighted by molar-refractivity contribution is -0.384. The second-order valence-corrected chi connectivity index (χ2v) is 6.42. The van der Waals surface area contributed by atoms with Crippen LogP contribution in [0, 0.1) is 10.1 Å². The zero-order valence-corrected chi connectivity index (χ0v) is 16.0. The first-order chi connectivity index (χ1) is 14.6. The molecule has 0 aliphatic heterocycles. The van der Waals surface area contributed by atoms with Gasteiger partial charge in [-0.05, 0) is 36.6 Å². The maximum Gasteiger partial charge on any atom is 0.307 e. The fourth-order valence-electron chi connectivity index (χ4n) is 3.16. The molecule has 150 valence electrons. The summed E-state index contributed by atoms with van der Waals surface area (Å²) in [5.74, 6) is 0.241. The van der Waals surface area contributed by atoms with Crippen molar-refractivity contribution in [2.75, 3.05) is 6.61 Å². The van der Waals surface area contributed by atoms with Crippen LogP contribution in [0.15, 0.2) is 70.2 Å². The van der Waals surface area contributed by atoms with Gasteiger partial charge in [0.25, 0.3) is 5.69 Å². The molecule has 0 radical (unpaired) electrons. The number of carbonyl (C=O) groups excluding carboxylic acids is 1. The molecule has 1 amide bonds. The zero-order valence-electron chi connectivity index (χ0n) is 16.0. The van der Waals surface area contributed by atoms with Gasteiger partial charge in [0, 0.05) is 28.5 Å². The Morgan fingerprint density at radius 1 is 1.17 bits per heavy atom. The first-order valence-electron chi connectivity index (χ1n) is 9.22. The Hall–Kier alpha value is -4.20. The number of nitrogens with zero attached hydrogens (tertiary/aromatic N) is 2. The highest BCUT2D eigenvalue weighted by Crippen LogP contribution is 2.28. The van der Waals surface area contributed by atoms with Crippen molar-refractivity contribution in [1.82, 2.24) is 5.43 Å². The summed E-state index contributed by atoms with van der Waals surface area (Å²) in [6, 6.07) is 17.1. The number of amides is 1. The third-order valence-electron chi connectivity index (χ3n) is 4.52. The number of hydrazone groups is 1. The molecule has 0 aliphatic carbocycles.